The first-order valence-electron chi connectivity index (χ1n) is 5.64. The average molecular weight is 311 g/mol. The van der Waals surface area contributed by atoms with Crippen LogP contribution in [0.1, 0.15) is 5.56 Å². The Kier molecular flexibility index (Phi) is 5.24. The van der Waals surface area contributed by atoms with Crippen LogP contribution >= 0.6 is 11.6 Å². The number of rotatable bonds is 3. The lowest BCUT2D eigenvalue weighted by molar-refractivity contribution is -0.205. The van der Waals surface area contributed by atoms with Crippen molar-refractivity contribution in [3.8, 4) is 0 Å². The third-order valence-electron chi connectivity index (χ3n) is 2.60. The minimum absolute atomic E-state index is 0.438. The number of likely N-dealkylation sites (N-methyl/N-ethyl adjacent to an activating group) is 1. The van der Waals surface area contributed by atoms with E-state index in [1.165, 1.54) is 0 Å². The lowest BCUT2D eigenvalue weighted by atomic mass is 10.2. The van der Waals surface area contributed by atoms with Crippen LogP contribution in [0, 0.1) is 6.92 Å². The molecular weight excluding hydrogens is 297 g/mol. The number of aryl methyl sites for hydroxylation is 1. The van der Waals surface area contributed by atoms with Crippen LogP contribution in [0.2, 0.25) is 5.02 Å². The fourth-order valence-corrected chi connectivity index (χ4v) is 1.65. The fourth-order valence-electron chi connectivity index (χ4n) is 1.42. The zero-order chi connectivity index (χ0) is 15.5. The maximum atomic E-state index is 12.2. The molecule has 0 radical (unpaired) electrons. The lowest BCUT2D eigenvalue weighted by Crippen LogP contribution is -2.43. The van der Waals surface area contributed by atoms with Crippen molar-refractivity contribution in [1.82, 2.24) is 4.90 Å². The fraction of sp³-hybridized carbons (Fsp3) is 0.417. The highest BCUT2D eigenvalue weighted by molar-refractivity contribution is 6.30. The topological polar surface area (TPSA) is 52.6 Å². The minimum Gasteiger partial charge on any atom is -0.382 e. The number of anilines is 1. The number of nitrogens with zero attached hydrogens (tertiary/aromatic N) is 1. The number of halogens is 4. The van der Waals surface area contributed by atoms with Crippen molar-refractivity contribution < 1.29 is 23.1 Å². The molecule has 2 N–H and O–H groups in total. The van der Waals surface area contributed by atoms with Gasteiger partial charge in [-0.25, -0.2) is 4.79 Å². The van der Waals surface area contributed by atoms with Gasteiger partial charge in [-0.05, 0) is 30.7 Å². The van der Waals surface area contributed by atoms with Gasteiger partial charge in [0.1, 0.15) is 0 Å². The number of hydrogen-bond donors (Lipinski definition) is 2. The third-order valence-corrected chi connectivity index (χ3v) is 2.84. The molecule has 0 aromatic heterocycles. The summed E-state index contributed by atoms with van der Waals surface area (Å²) < 4.78 is 36.6. The summed E-state index contributed by atoms with van der Waals surface area (Å²) in [5, 5.41) is 11.8. The van der Waals surface area contributed by atoms with Crippen LogP contribution in [0.15, 0.2) is 18.2 Å². The summed E-state index contributed by atoms with van der Waals surface area (Å²) in [5.41, 5.74) is 1.11. The average Bonchev–Trinajstić information content (AvgIpc) is 2.31. The Morgan fingerprint density at radius 1 is 1.50 bits per heavy atom. The molecule has 4 nitrogen and oxygen atoms in total. The molecular formula is C12H14ClF3N2O2. The van der Waals surface area contributed by atoms with Gasteiger partial charge in [0.05, 0.1) is 6.54 Å². The van der Waals surface area contributed by atoms with Gasteiger partial charge in [0.15, 0.2) is 6.10 Å². The van der Waals surface area contributed by atoms with Crippen LogP contribution in [0.3, 0.4) is 0 Å². The molecule has 0 aliphatic carbocycles. The quantitative estimate of drug-likeness (QED) is 0.901. The summed E-state index contributed by atoms with van der Waals surface area (Å²) in [7, 11) is 1.16. The molecule has 2 amide bonds. The van der Waals surface area contributed by atoms with E-state index >= 15 is 0 Å². The van der Waals surface area contributed by atoms with E-state index in [0.717, 1.165) is 11.9 Å². The number of carbonyl (C=O) groups excluding carboxylic acids is 1. The van der Waals surface area contributed by atoms with Gasteiger partial charge >= 0.3 is 12.2 Å². The van der Waals surface area contributed by atoms with Gasteiger partial charge in [-0.3, -0.25) is 0 Å². The summed E-state index contributed by atoms with van der Waals surface area (Å²) in [5.74, 6) is 0. The van der Waals surface area contributed by atoms with Gasteiger partial charge in [-0.1, -0.05) is 11.6 Å². The monoisotopic (exact) mass is 310 g/mol. The molecule has 0 heterocycles. The first-order valence-corrected chi connectivity index (χ1v) is 6.02. The second-order valence-electron chi connectivity index (χ2n) is 4.33. The Labute approximate surface area is 119 Å². The maximum absolute atomic E-state index is 12.2. The molecule has 0 spiro atoms. The van der Waals surface area contributed by atoms with Crippen LogP contribution in [0.25, 0.3) is 0 Å². The van der Waals surface area contributed by atoms with Crippen molar-refractivity contribution >= 4 is 23.3 Å². The van der Waals surface area contributed by atoms with Gasteiger partial charge in [0.2, 0.25) is 0 Å². The molecule has 0 saturated heterocycles. The summed E-state index contributed by atoms with van der Waals surface area (Å²) in [6.45, 7) is 0.855. The number of urea groups is 1. The molecule has 1 aromatic carbocycles. The van der Waals surface area contributed by atoms with E-state index in [1.807, 2.05) is 0 Å². The molecule has 1 unspecified atom stereocenters. The molecule has 1 aromatic rings. The highest BCUT2D eigenvalue weighted by atomic mass is 35.5. The van der Waals surface area contributed by atoms with E-state index in [-0.39, 0.29) is 0 Å². The summed E-state index contributed by atoms with van der Waals surface area (Å²) in [6, 6.07) is 3.96. The van der Waals surface area contributed by atoms with E-state index in [2.05, 4.69) is 5.32 Å². The second kappa shape index (κ2) is 6.32. The molecule has 0 aliphatic rings. The summed E-state index contributed by atoms with van der Waals surface area (Å²) >= 11 is 5.75. The van der Waals surface area contributed by atoms with E-state index in [9.17, 15) is 18.0 Å². The van der Waals surface area contributed by atoms with Gasteiger partial charge in [-0.15, -0.1) is 0 Å². The molecule has 20 heavy (non-hydrogen) atoms. The van der Waals surface area contributed by atoms with E-state index in [1.54, 1.807) is 25.1 Å². The first-order chi connectivity index (χ1) is 9.11. The number of aliphatic hydroxyl groups excluding tert-OH is 1. The van der Waals surface area contributed by atoms with Crippen molar-refractivity contribution in [2.24, 2.45) is 0 Å². The molecule has 0 saturated carbocycles. The predicted octanol–water partition coefficient (Wildman–Crippen LogP) is 3.04. The summed E-state index contributed by atoms with van der Waals surface area (Å²) in [6.07, 6.45) is -7.34. The number of aliphatic hydroxyl groups is 1. The van der Waals surface area contributed by atoms with Crippen molar-refractivity contribution in [2.45, 2.75) is 19.2 Å². The Morgan fingerprint density at radius 3 is 2.60 bits per heavy atom. The second-order valence-corrected chi connectivity index (χ2v) is 4.76. The first kappa shape index (κ1) is 16.6. The van der Waals surface area contributed by atoms with Crippen LogP contribution in [-0.2, 0) is 0 Å². The third kappa shape index (κ3) is 4.57. The predicted molar refractivity (Wildman–Crippen MR) is 69.9 cm³/mol. The Hall–Kier alpha value is -1.47. The van der Waals surface area contributed by atoms with Crippen LogP contribution < -0.4 is 5.32 Å². The number of amides is 2. The zero-order valence-electron chi connectivity index (χ0n) is 10.8. The minimum atomic E-state index is -4.76. The number of nitrogens with one attached hydrogen (secondary N) is 1. The molecule has 0 fully saturated rings. The van der Waals surface area contributed by atoms with Crippen molar-refractivity contribution in [1.29, 1.82) is 0 Å². The van der Waals surface area contributed by atoms with Crippen LogP contribution in [0.5, 0.6) is 0 Å². The van der Waals surface area contributed by atoms with Crippen LogP contribution in [0.4, 0.5) is 23.7 Å². The number of carbonyl (C=O) groups is 1. The van der Waals surface area contributed by atoms with Crippen molar-refractivity contribution in [3.63, 3.8) is 0 Å². The molecule has 1 atom stereocenters. The van der Waals surface area contributed by atoms with E-state index in [0.29, 0.717) is 16.3 Å². The smallest absolute Gasteiger partial charge is 0.382 e. The highest BCUT2D eigenvalue weighted by Crippen LogP contribution is 2.22. The lowest BCUT2D eigenvalue weighted by Gasteiger charge is -2.23. The van der Waals surface area contributed by atoms with Crippen molar-refractivity contribution in [3.05, 3.63) is 28.8 Å². The molecule has 8 heteroatoms. The van der Waals surface area contributed by atoms with Crippen molar-refractivity contribution in [2.75, 3.05) is 18.9 Å². The Bertz CT molecular complexity index is 494. The van der Waals surface area contributed by atoms with E-state index < -0.39 is 24.9 Å². The SMILES string of the molecule is Cc1cc(Cl)ccc1NC(=O)N(C)CC(O)C(F)(F)F. The van der Waals surface area contributed by atoms with Gasteiger partial charge in [0, 0.05) is 17.8 Å². The van der Waals surface area contributed by atoms with E-state index in [4.69, 9.17) is 16.7 Å². The van der Waals surface area contributed by atoms with Gasteiger partial charge in [-0.2, -0.15) is 13.2 Å². The number of benzene rings is 1. The molecule has 0 aliphatic heterocycles. The Morgan fingerprint density at radius 2 is 2.10 bits per heavy atom. The maximum Gasteiger partial charge on any atom is 0.416 e. The van der Waals surface area contributed by atoms with Crippen LogP contribution in [-0.4, -0.2) is 41.9 Å². The van der Waals surface area contributed by atoms with Gasteiger partial charge < -0.3 is 15.3 Å². The number of alkyl halides is 3. The Balaban J connectivity index is 2.66. The number of hydrogen-bond acceptors (Lipinski definition) is 2. The normalized spacial score (nSPS) is 12.9. The zero-order valence-corrected chi connectivity index (χ0v) is 11.6. The highest BCUT2D eigenvalue weighted by Gasteiger charge is 2.39. The molecule has 1 rings (SSSR count). The molecule has 0 bridgehead atoms. The summed E-state index contributed by atoms with van der Waals surface area (Å²) in [4.78, 5) is 12.5. The van der Waals surface area contributed by atoms with Gasteiger partial charge in [0.25, 0.3) is 0 Å². The largest absolute Gasteiger partial charge is 0.416 e. The molecule has 112 valence electrons. The standard InChI is InChI=1S/C12H14ClF3N2O2/c1-7-5-8(13)3-4-9(7)17-11(20)18(2)6-10(19)12(14,15)16/h3-5,10,19H,6H2,1-2H3,(H,17,20).